The minimum Gasteiger partial charge on any atom is -0.396 e. The van der Waals surface area contributed by atoms with E-state index in [1.165, 1.54) is 22.5 Å². The second kappa shape index (κ2) is 4.79. The zero-order valence-corrected chi connectivity index (χ0v) is 11.4. The minimum absolute atomic E-state index is 0.0426. The average Bonchev–Trinajstić information content (AvgIpc) is 2.99. The number of aliphatic hydroxyl groups is 3. The standard InChI is InChI=1S/C12H17N5O4/c1-16-11(21)7-10(15-12(16)13)17(4-14-7)6-2-5(3-18)8(19)9(6)20/h4-6,8-9,18-20H,2-3H2,1H3,(H2,13,15)/t5-,6-,8?,9?/m1/s1. The number of rotatable bonds is 2. The van der Waals surface area contributed by atoms with Crippen LogP contribution in [0.3, 0.4) is 0 Å². The van der Waals surface area contributed by atoms with E-state index in [-0.39, 0.29) is 29.3 Å². The maximum atomic E-state index is 12.1. The summed E-state index contributed by atoms with van der Waals surface area (Å²) in [6, 6.07) is -0.513. The lowest BCUT2D eigenvalue weighted by molar-refractivity contribution is -0.00370. The number of nitrogens with zero attached hydrogens (tertiary/aromatic N) is 4. The number of nitrogens with two attached hydrogens (primary N) is 1. The Labute approximate surface area is 119 Å². The van der Waals surface area contributed by atoms with Crippen LogP contribution in [0.1, 0.15) is 12.5 Å². The molecule has 21 heavy (non-hydrogen) atoms. The van der Waals surface area contributed by atoms with Gasteiger partial charge in [0.15, 0.2) is 11.2 Å². The monoisotopic (exact) mass is 295 g/mol. The molecule has 0 spiro atoms. The molecule has 2 aromatic heterocycles. The molecule has 2 unspecified atom stereocenters. The molecule has 0 aromatic carbocycles. The molecule has 5 N–H and O–H groups in total. The third-order valence-corrected chi connectivity index (χ3v) is 4.20. The maximum Gasteiger partial charge on any atom is 0.282 e. The van der Waals surface area contributed by atoms with Gasteiger partial charge in [-0.1, -0.05) is 0 Å². The molecule has 9 nitrogen and oxygen atoms in total. The van der Waals surface area contributed by atoms with Gasteiger partial charge in [0.05, 0.1) is 18.5 Å². The average molecular weight is 295 g/mol. The van der Waals surface area contributed by atoms with Gasteiger partial charge in [-0.3, -0.25) is 9.36 Å². The van der Waals surface area contributed by atoms with Crippen molar-refractivity contribution in [2.75, 3.05) is 12.3 Å². The van der Waals surface area contributed by atoms with Crippen molar-refractivity contribution in [3.8, 4) is 0 Å². The van der Waals surface area contributed by atoms with E-state index < -0.39 is 24.2 Å². The highest BCUT2D eigenvalue weighted by Crippen LogP contribution is 2.36. The number of anilines is 1. The van der Waals surface area contributed by atoms with Gasteiger partial charge in [-0.15, -0.1) is 0 Å². The lowest BCUT2D eigenvalue weighted by Crippen LogP contribution is -2.30. The van der Waals surface area contributed by atoms with Crippen molar-refractivity contribution in [1.29, 1.82) is 0 Å². The summed E-state index contributed by atoms with van der Waals surface area (Å²) in [6.07, 6.45) is -0.326. The van der Waals surface area contributed by atoms with Gasteiger partial charge in [0.2, 0.25) is 5.95 Å². The van der Waals surface area contributed by atoms with Crippen molar-refractivity contribution in [2.24, 2.45) is 13.0 Å². The summed E-state index contributed by atoms with van der Waals surface area (Å²) in [5.41, 5.74) is 5.74. The number of hydrogen-bond acceptors (Lipinski definition) is 7. The summed E-state index contributed by atoms with van der Waals surface area (Å²) in [5.74, 6) is -0.382. The Bertz CT molecular complexity index is 739. The zero-order chi connectivity index (χ0) is 15.3. The fourth-order valence-corrected chi connectivity index (χ4v) is 2.86. The van der Waals surface area contributed by atoms with Crippen LogP contribution in [0, 0.1) is 5.92 Å². The van der Waals surface area contributed by atoms with Gasteiger partial charge < -0.3 is 25.6 Å². The van der Waals surface area contributed by atoms with Gasteiger partial charge in [-0.2, -0.15) is 4.98 Å². The Kier molecular flexibility index (Phi) is 3.19. The third kappa shape index (κ3) is 1.93. The number of hydrogen-bond donors (Lipinski definition) is 4. The summed E-state index contributed by atoms with van der Waals surface area (Å²) >= 11 is 0. The van der Waals surface area contributed by atoms with Gasteiger partial charge >= 0.3 is 0 Å². The first kappa shape index (κ1) is 14.0. The Balaban J connectivity index is 2.12. The van der Waals surface area contributed by atoms with Crippen LogP contribution in [-0.2, 0) is 7.05 Å². The smallest absolute Gasteiger partial charge is 0.282 e. The number of nitrogen functional groups attached to an aromatic ring is 1. The zero-order valence-electron chi connectivity index (χ0n) is 11.4. The van der Waals surface area contributed by atoms with E-state index in [1.54, 1.807) is 0 Å². The molecular weight excluding hydrogens is 278 g/mol. The van der Waals surface area contributed by atoms with Crippen LogP contribution in [-0.4, -0.2) is 53.2 Å². The SMILES string of the molecule is Cn1c(N)nc2c(ncn2[C@@H]2C[C@H](CO)C(O)C2O)c1=O. The van der Waals surface area contributed by atoms with E-state index in [0.717, 1.165) is 0 Å². The Morgan fingerprint density at radius 3 is 2.76 bits per heavy atom. The van der Waals surface area contributed by atoms with E-state index in [1.807, 2.05) is 0 Å². The van der Waals surface area contributed by atoms with Crippen LogP contribution in [0.15, 0.2) is 11.1 Å². The van der Waals surface area contributed by atoms with E-state index in [0.29, 0.717) is 6.42 Å². The Hall–Kier alpha value is -1.97. The fourth-order valence-electron chi connectivity index (χ4n) is 2.86. The van der Waals surface area contributed by atoms with Crippen molar-refractivity contribution in [3.05, 3.63) is 16.7 Å². The molecule has 4 atom stereocenters. The number of fused-ring (bicyclic) bond motifs is 1. The van der Waals surface area contributed by atoms with Crippen molar-refractivity contribution in [2.45, 2.75) is 24.7 Å². The van der Waals surface area contributed by atoms with Crippen molar-refractivity contribution < 1.29 is 15.3 Å². The molecule has 114 valence electrons. The molecule has 0 saturated heterocycles. The van der Waals surface area contributed by atoms with Gasteiger partial charge in [-0.25, -0.2) is 4.98 Å². The van der Waals surface area contributed by atoms with Crippen molar-refractivity contribution >= 4 is 17.1 Å². The predicted octanol–water partition coefficient (Wildman–Crippen LogP) is -2.01. The second-order valence-electron chi connectivity index (χ2n) is 5.39. The first-order valence-corrected chi connectivity index (χ1v) is 6.61. The van der Waals surface area contributed by atoms with Crippen LogP contribution in [0.25, 0.3) is 11.2 Å². The van der Waals surface area contributed by atoms with Gasteiger partial charge in [0.25, 0.3) is 5.56 Å². The molecule has 2 heterocycles. The highest BCUT2D eigenvalue weighted by molar-refractivity contribution is 5.71. The molecule has 2 aromatic rings. The molecule has 0 amide bonds. The lowest BCUT2D eigenvalue weighted by atomic mass is 10.1. The van der Waals surface area contributed by atoms with E-state index >= 15 is 0 Å². The molecule has 1 saturated carbocycles. The lowest BCUT2D eigenvalue weighted by Gasteiger charge is -2.18. The van der Waals surface area contributed by atoms with Crippen LogP contribution in [0.5, 0.6) is 0 Å². The first-order valence-electron chi connectivity index (χ1n) is 6.61. The van der Waals surface area contributed by atoms with Gasteiger partial charge in [0, 0.05) is 19.6 Å². The van der Waals surface area contributed by atoms with E-state index in [4.69, 9.17) is 5.73 Å². The first-order chi connectivity index (χ1) is 9.95. The molecule has 0 radical (unpaired) electrons. The molecule has 3 rings (SSSR count). The number of imidazole rings is 1. The van der Waals surface area contributed by atoms with Gasteiger partial charge in [-0.05, 0) is 6.42 Å². The predicted molar refractivity (Wildman–Crippen MR) is 73.4 cm³/mol. The summed E-state index contributed by atoms with van der Waals surface area (Å²) in [7, 11) is 1.50. The summed E-state index contributed by atoms with van der Waals surface area (Å²) in [4.78, 5) is 20.2. The topological polar surface area (TPSA) is 139 Å². The van der Waals surface area contributed by atoms with Crippen LogP contribution < -0.4 is 11.3 Å². The summed E-state index contributed by atoms with van der Waals surface area (Å²) < 4.78 is 2.73. The molecule has 0 aliphatic heterocycles. The minimum atomic E-state index is -1.06. The van der Waals surface area contributed by atoms with Crippen LogP contribution in [0.4, 0.5) is 5.95 Å². The molecule has 0 bridgehead atoms. The van der Waals surface area contributed by atoms with Crippen molar-refractivity contribution in [1.82, 2.24) is 19.1 Å². The number of aromatic nitrogens is 4. The molecule has 9 heteroatoms. The molecule has 1 aliphatic rings. The summed E-state index contributed by atoms with van der Waals surface area (Å²) in [6.45, 7) is -0.224. The van der Waals surface area contributed by atoms with E-state index in [2.05, 4.69) is 9.97 Å². The van der Waals surface area contributed by atoms with Gasteiger partial charge in [0.1, 0.15) is 6.10 Å². The fraction of sp³-hybridized carbons (Fsp3) is 0.583. The molecule has 1 fully saturated rings. The Morgan fingerprint density at radius 2 is 2.14 bits per heavy atom. The highest BCUT2D eigenvalue weighted by Gasteiger charge is 2.42. The largest absolute Gasteiger partial charge is 0.396 e. The second-order valence-corrected chi connectivity index (χ2v) is 5.39. The Morgan fingerprint density at radius 1 is 1.43 bits per heavy atom. The highest BCUT2D eigenvalue weighted by atomic mass is 16.3. The normalized spacial score (nSPS) is 29.3. The summed E-state index contributed by atoms with van der Waals surface area (Å²) in [5, 5.41) is 29.3. The molecular formula is C12H17N5O4. The van der Waals surface area contributed by atoms with Crippen LogP contribution >= 0.6 is 0 Å². The van der Waals surface area contributed by atoms with Crippen molar-refractivity contribution in [3.63, 3.8) is 0 Å². The quantitative estimate of drug-likeness (QED) is 0.502. The van der Waals surface area contributed by atoms with E-state index in [9.17, 15) is 20.1 Å². The number of aliphatic hydroxyl groups excluding tert-OH is 3. The van der Waals surface area contributed by atoms with Crippen LogP contribution in [0.2, 0.25) is 0 Å². The maximum absolute atomic E-state index is 12.1. The third-order valence-electron chi connectivity index (χ3n) is 4.20. The molecule has 1 aliphatic carbocycles.